The van der Waals surface area contributed by atoms with Gasteiger partial charge in [-0.2, -0.15) is 0 Å². The van der Waals surface area contributed by atoms with Gasteiger partial charge >= 0.3 is 0 Å². The van der Waals surface area contributed by atoms with Gasteiger partial charge in [-0.1, -0.05) is 26.7 Å². The number of aromatic nitrogens is 1. The standard InChI is InChI=1S/C19H33N5/c1-16(2)8-4-5-10-22-19(20-3)23-15-17-9-11-21-18(14-17)24-12-6-7-13-24/h9,11,14,16H,4-8,10,12-13,15H2,1-3H3,(H2,20,22,23). The molecule has 5 heteroatoms. The van der Waals surface area contributed by atoms with Gasteiger partial charge in [-0.05, 0) is 42.9 Å². The van der Waals surface area contributed by atoms with Crippen molar-refractivity contribution in [1.29, 1.82) is 0 Å². The molecule has 0 amide bonds. The molecule has 0 bridgehead atoms. The Morgan fingerprint density at radius 1 is 1.25 bits per heavy atom. The van der Waals surface area contributed by atoms with Gasteiger partial charge in [-0.25, -0.2) is 4.98 Å². The number of aliphatic imine (C=N–C) groups is 1. The molecule has 2 heterocycles. The highest BCUT2D eigenvalue weighted by atomic mass is 15.2. The second-order valence-electron chi connectivity index (χ2n) is 6.96. The van der Waals surface area contributed by atoms with E-state index in [1.807, 2.05) is 13.2 Å². The first-order valence-electron chi connectivity index (χ1n) is 9.33. The molecule has 0 spiro atoms. The first-order chi connectivity index (χ1) is 11.7. The Morgan fingerprint density at radius 3 is 2.75 bits per heavy atom. The van der Waals surface area contributed by atoms with Crippen LogP contribution in [-0.2, 0) is 6.54 Å². The molecule has 1 aliphatic rings. The van der Waals surface area contributed by atoms with Gasteiger partial charge in [0.05, 0.1) is 0 Å². The van der Waals surface area contributed by atoms with E-state index < -0.39 is 0 Å². The minimum Gasteiger partial charge on any atom is -0.357 e. The van der Waals surface area contributed by atoms with E-state index in [0.29, 0.717) is 0 Å². The third-order valence-electron chi connectivity index (χ3n) is 4.42. The second-order valence-corrected chi connectivity index (χ2v) is 6.96. The van der Waals surface area contributed by atoms with E-state index in [9.17, 15) is 0 Å². The second kappa shape index (κ2) is 10.2. The summed E-state index contributed by atoms with van der Waals surface area (Å²) in [6.07, 6.45) is 8.21. The van der Waals surface area contributed by atoms with Crippen LogP contribution in [-0.4, -0.2) is 37.6 Å². The smallest absolute Gasteiger partial charge is 0.191 e. The predicted octanol–water partition coefficient (Wildman–Crippen LogP) is 3.17. The van der Waals surface area contributed by atoms with Gasteiger partial charge in [0.15, 0.2) is 5.96 Å². The highest BCUT2D eigenvalue weighted by Gasteiger charge is 2.13. The third kappa shape index (κ3) is 6.38. The minimum absolute atomic E-state index is 0.773. The molecule has 0 aliphatic carbocycles. The fourth-order valence-corrected chi connectivity index (χ4v) is 2.98. The molecule has 1 aromatic heterocycles. The van der Waals surface area contributed by atoms with Crippen LogP contribution in [0.4, 0.5) is 5.82 Å². The lowest BCUT2D eigenvalue weighted by Crippen LogP contribution is -2.37. The summed E-state index contributed by atoms with van der Waals surface area (Å²) in [4.78, 5) is 11.2. The summed E-state index contributed by atoms with van der Waals surface area (Å²) < 4.78 is 0. The predicted molar refractivity (Wildman–Crippen MR) is 103 cm³/mol. The zero-order valence-corrected chi connectivity index (χ0v) is 15.5. The van der Waals surface area contributed by atoms with E-state index in [-0.39, 0.29) is 0 Å². The Balaban J connectivity index is 1.73. The number of anilines is 1. The maximum atomic E-state index is 4.51. The van der Waals surface area contributed by atoms with Crippen LogP contribution in [0.25, 0.3) is 0 Å². The van der Waals surface area contributed by atoms with Crippen LogP contribution in [0.3, 0.4) is 0 Å². The monoisotopic (exact) mass is 331 g/mol. The van der Waals surface area contributed by atoms with Crippen molar-refractivity contribution in [2.24, 2.45) is 10.9 Å². The van der Waals surface area contributed by atoms with Crippen LogP contribution in [0.15, 0.2) is 23.3 Å². The van der Waals surface area contributed by atoms with Crippen molar-refractivity contribution < 1.29 is 0 Å². The maximum absolute atomic E-state index is 4.51. The molecule has 134 valence electrons. The Labute approximate surface area is 147 Å². The molecule has 0 aromatic carbocycles. The number of pyridine rings is 1. The zero-order chi connectivity index (χ0) is 17.2. The van der Waals surface area contributed by atoms with Gasteiger partial charge in [0.2, 0.25) is 0 Å². The lowest BCUT2D eigenvalue weighted by atomic mass is 10.1. The average Bonchev–Trinajstić information content (AvgIpc) is 3.12. The normalized spacial score (nSPS) is 15.2. The number of nitrogens with one attached hydrogen (secondary N) is 2. The number of hydrogen-bond donors (Lipinski definition) is 2. The Morgan fingerprint density at radius 2 is 2.04 bits per heavy atom. The van der Waals surface area contributed by atoms with E-state index in [1.54, 1.807) is 0 Å². The number of hydrogen-bond acceptors (Lipinski definition) is 3. The van der Waals surface area contributed by atoms with Crippen molar-refractivity contribution in [2.75, 3.05) is 31.6 Å². The fraction of sp³-hybridized carbons (Fsp3) is 0.684. The van der Waals surface area contributed by atoms with Crippen LogP contribution in [0.5, 0.6) is 0 Å². The van der Waals surface area contributed by atoms with Crippen LogP contribution < -0.4 is 15.5 Å². The van der Waals surface area contributed by atoms with Gasteiger partial charge in [0.25, 0.3) is 0 Å². The van der Waals surface area contributed by atoms with Crippen LogP contribution in [0.2, 0.25) is 0 Å². The van der Waals surface area contributed by atoms with Gasteiger partial charge in [-0.3, -0.25) is 4.99 Å². The summed E-state index contributed by atoms with van der Waals surface area (Å²) in [6.45, 7) is 8.56. The van der Waals surface area contributed by atoms with Crippen molar-refractivity contribution in [3.8, 4) is 0 Å². The van der Waals surface area contributed by atoms with Crippen molar-refractivity contribution in [2.45, 2.75) is 52.5 Å². The highest BCUT2D eigenvalue weighted by molar-refractivity contribution is 5.79. The summed E-state index contributed by atoms with van der Waals surface area (Å²) in [6, 6.07) is 4.26. The van der Waals surface area contributed by atoms with Crippen molar-refractivity contribution in [1.82, 2.24) is 15.6 Å². The first kappa shape index (κ1) is 18.6. The molecular weight excluding hydrogens is 298 g/mol. The molecule has 1 fully saturated rings. The molecular formula is C19H33N5. The Hall–Kier alpha value is -1.78. The average molecular weight is 332 g/mol. The molecule has 2 N–H and O–H groups in total. The molecule has 0 saturated carbocycles. The van der Waals surface area contributed by atoms with Crippen molar-refractivity contribution >= 4 is 11.8 Å². The topological polar surface area (TPSA) is 52.6 Å². The van der Waals surface area contributed by atoms with E-state index in [2.05, 4.69) is 51.5 Å². The molecule has 24 heavy (non-hydrogen) atoms. The van der Waals surface area contributed by atoms with Gasteiger partial charge in [0.1, 0.15) is 5.82 Å². The SMILES string of the molecule is CN=C(NCCCCC(C)C)NCc1ccnc(N2CCCC2)c1. The number of unbranched alkanes of at least 4 members (excludes halogenated alkanes) is 1. The molecule has 0 atom stereocenters. The maximum Gasteiger partial charge on any atom is 0.191 e. The quantitative estimate of drug-likeness (QED) is 0.436. The molecule has 2 rings (SSSR count). The first-order valence-corrected chi connectivity index (χ1v) is 9.33. The largest absolute Gasteiger partial charge is 0.357 e. The lowest BCUT2D eigenvalue weighted by Gasteiger charge is -2.17. The minimum atomic E-state index is 0.773. The van der Waals surface area contributed by atoms with E-state index >= 15 is 0 Å². The number of rotatable bonds is 8. The highest BCUT2D eigenvalue weighted by Crippen LogP contribution is 2.18. The Bertz CT molecular complexity index is 506. The van der Waals surface area contributed by atoms with E-state index in [1.165, 1.54) is 37.7 Å². The lowest BCUT2D eigenvalue weighted by molar-refractivity contribution is 0.534. The molecule has 1 saturated heterocycles. The van der Waals surface area contributed by atoms with E-state index in [0.717, 1.165) is 43.9 Å². The fourth-order valence-electron chi connectivity index (χ4n) is 2.98. The number of guanidine groups is 1. The van der Waals surface area contributed by atoms with E-state index in [4.69, 9.17) is 0 Å². The van der Waals surface area contributed by atoms with Gasteiger partial charge in [0, 0.05) is 39.4 Å². The van der Waals surface area contributed by atoms with Gasteiger partial charge < -0.3 is 15.5 Å². The summed E-state index contributed by atoms with van der Waals surface area (Å²) in [7, 11) is 1.83. The van der Waals surface area contributed by atoms with Gasteiger partial charge in [-0.15, -0.1) is 0 Å². The molecule has 1 aromatic rings. The van der Waals surface area contributed by atoms with Crippen molar-refractivity contribution in [3.05, 3.63) is 23.9 Å². The molecule has 0 radical (unpaired) electrons. The summed E-state index contributed by atoms with van der Waals surface area (Å²) in [5.74, 6) is 2.77. The summed E-state index contributed by atoms with van der Waals surface area (Å²) in [5.41, 5.74) is 1.25. The molecule has 5 nitrogen and oxygen atoms in total. The van der Waals surface area contributed by atoms with Crippen molar-refractivity contribution in [3.63, 3.8) is 0 Å². The van der Waals surface area contributed by atoms with Crippen LogP contribution in [0.1, 0.15) is 51.5 Å². The van der Waals surface area contributed by atoms with Crippen LogP contribution in [0, 0.1) is 5.92 Å². The molecule has 0 unspecified atom stereocenters. The molecule has 1 aliphatic heterocycles. The third-order valence-corrected chi connectivity index (χ3v) is 4.42. The Kier molecular flexibility index (Phi) is 7.86. The van der Waals surface area contributed by atoms with Crippen LogP contribution >= 0.6 is 0 Å². The summed E-state index contributed by atoms with van der Waals surface area (Å²) >= 11 is 0. The summed E-state index contributed by atoms with van der Waals surface area (Å²) in [5, 5.41) is 6.79. The zero-order valence-electron chi connectivity index (χ0n) is 15.5. The number of nitrogens with zero attached hydrogens (tertiary/aromatic N) is 3.